The normalized spacial score (nSPS) is 22.3. The first-order valence-corrected chi connectivity index (χ1v) is 10.9. The van der Waals surface area contributed by atoms with Crippen LogP contribution < -0.4 is 10.1 Å². The minimum atomic E-state index is -4.89. The summed E-state index contributed by atoms with van der Waals surface area (Å²) < 4.78 is 43.0. The van der Waals surface area contributed by atoms with Crippen LogP contribution in [0.25, 0.3) is 0 Å². The summed E-state index contributed by atoms with van der Waals surface area (Å²) >= 11 is 5.78. The minimum absolute atomic E-state index is 0.0547. The van der Waals surface area contributed by atoms with E-state index in [1.54, 1.807) is 0 Å². The molecule has 0 aliphatic heterocycles. The SMILES string of the molecule is C[C@@H]1C[C@@H](Nc2ncncc2C(=O)c2ccn(Cc3ccc(Cl)c(OC(F)(F)F)c3)n2)[C@H](O)[C@@H]1O. The molecule has 1 aliphatic rings. The van der Waals surface area contributed by atoms with E-state index in [1.807, 2.05) is 6.92 Å². The molecular weight excluding hydrogens is 491 g/mol. The number of nitrogens with zero attached hydrogens (tertiary/aromatic N) is 4. The number of carbonyl (C=O) groups is 1. The number of aliphatic hydroxyl groups is 2. The molecule has 1 aliphatic carbocycles. The summed E-state index contributed by atoms with van der Waals surface area (Å²) in [5.74, 6) is -0.971. The third-order valence-electron chi connectivity index (χ3n) is 5.69. The van der Waals surface area contributed by atoms with Gasteiger partial charge >= 0.3 is 6.36 Å². The fourth-order valence-corrected chi connectivity index (χ4v) is 4.09. The van der Waals surface area contributed by atoms with Crippen LogP contribution in [-0.4, -0.2) is 60.4 Å². The first kappa shape index (κ1) is 24.9. The number of nitrogens with one attached hydrogen (secondary N) is 1. The van der Waals surface area contributed by atoms with Crippen molar-refractivity contribution < 1.29 is 32.9 Å². The van der Waals surface area contributed by atoms with Crippen molar-refractivity contribution in [2.24, 2.45) is 5.92 Å². The molecule has 9 nitrogen and oxygen atoms in total. The van der Waals surface area contributed by atoms with E-state index in [4.69, 9.17) is 11.6 Å². The van der Waals surface area contributed by atoms with Crippen LogP contribution in [0.5, 0.6) is 5.75 Å². The van der Waals surface area contributed by atoms with Gasteiger partial charge in [-0.05, 0) is 36.1 Å². The lowest BCUT2D eigenvalue weighted by atomic mass is 10.1. The monoisotopic (exact) mass is 511 g/mol. The Bertz CT molecular complexity index is 1220. The molecule has 4 atom stereocenters. The molecule has 186 valence electrons. The van der Waals surface area contributed by atoms with Gasteiger partial charge in [0.05, 0.1) is 29.3 Å². The molecule has 0 bridgehead atoms. The Kier molecular flexibility index (Phi) is 6.97. The standard InChI is InChI=1S/C22H21ClF3N5O4/c1-11-6-16(20(34)18(11)32)29-21-13(8-27-10-28-21)19(33)15-4-5-31(30-15)9-12-2-3-14(23)17(7-12)35-22(24,25)26/h2-5,7-8,10-11,16,18,20,32,34H,6,9H2,1H3,(H,27,28,29)/t11-,16-,18-,20+/m1/s1. The third-order valence-corrected chi connectivity index (χ3v) is 6.00. The van der Waals surface area contributed by atoms with Crippen LogP contribution in [0, 0.1) is 5.92 Å². The van der Waals surface area contributed by atoms with Crippen molar-refractivity contribution >= 4 is 23.2 Å². The predicted molar refractivity (Wildman–Crippen MR) is 118 cm³/mol. The third kappa shape index (κ3) is 5.72. The van der Waals surface area contributed by atoms with E-state index in [-0.39, 0.29) is 34.6 Å². The van der Waals surface area contributed by atoms with Gasteiger partial charge in [0.25, 0.3) is 0 Å². The van der Waals surface area contributed by atoms with Crippen LogP contribution in [0.4, 0.5) is 19.0 Å². The van der Waals surface area contributed by atoms with E-state index in [9.17, 15) is 28.2 Å². The second kappa shape index (κ2) is 9.80. The van der Waals surface area contributed by atoms with E-state index in [0.717, 1.165) is 6.07 Å². The summed E-state index contributed by atoms with van der Waals surface area (Å²) in [6, 6.07) is 4.90. The number of aromatic nitrogens is 4. The van der Waals surface area contributed by atoms with Crippen LogP contribution in [-0.2, 0) is 6.54 Å². The molecule has 0 unspecified atom stereocenters. The summed E-state index contributed by atoms with van der Waals surface area (Å²) in [4.78, 5) is 21.1. The Morgan fingerprint density at radius 2 is 2.06 bits per heavy atom. The van der Waals surface area contributed by atoms with Crippen molar-refractivity contribution in [3.8, 4) is 5.75 Å². The molecule has 1 saturated carbocycles. The number of ketones is 1. The predicted octanol–water partition coefficient (Wildman–Crippen LogP) is 3.05. The van der Waals surface area contributed by atoms with Gasteiger partial charge in [-0.2, -0.15) is 5.10 Å². The largest absolute Gasteiger partial charge is 0.573 e. The van der Waals surface area contributed by atoms with E-state index in [1.165, 1.54) is 41.6 Å². The van der Waals surface area contributed by atoms with Gasteiger partial charge < -0.3 is 20.3 Å². The molecule has 3 aromatic rings. The molecule has 0 spiro atoms. The average molecular weight is 512 g/mol. The molecule has 0 saturated heterocycles. The number of anilines is 1. The molecule has 3 N–H and O–H groups in total. The van der Waals surface area contributed by atoms with Crippen molar-refractivity contribution in [3.63, 3.8) is 0 Å². The number of hydrogen-bond donors (Lipinski definition) is 3. The Balaban J connectivity index is 1.50. The summed E-state index contributed by atoms with van der Waals surface area (Å²) in [5, 5.41) is 27.3. The summed E-state index contributed by atoms with van der Waals surface area (Å²) in [5.41, 5.74) is 0.597. The fraction of sp³-hybridized carbons (Fsp3) is 0.364. The highest BCUT2D eigenvalue weighted by Crippen LogP contribution is 2.31. The molecule has 1 aromatic carbocycles. The van der Waals surface area contributed by atoms with Gasteiger partial charge in [0, 0.05) is 12.4 Å². The zero-order valence-electron chi connectivity index (χ0n) is 18.3. The number of halogens is 4. The number of hydrogen-bond acceptors (Lipinski definition) is 8. The van der Waals surface area contributed by atoms with Crippen LogP contribution in [0.3, 0.4) is 0 Å². The summed E-state index contributed by atoms with van der Waals surface area (Å²) in [7, 11) is 0. The maximum atomic E-state index is 13.1. The molecule has 35 heavy (non-hydrogen) atoms. The Morgan fingerprint density at radius 3 is 2.74 bits per heavy atom. The Labute approximate surface area is 202 Å². The van der Waals surface area contributed by atoms with Crippen molar-refractivity contribution in [2.75, 3.05) is 5.32 Å². The molecule has 4 rings (SSSR count). The molecule has 2 heterocycles. The summed E-state index contributed by atoms with van der Waals surface area (Å²) in [6.45, 7) is 1.87. The lowest BCUT2D eigenvalue weighted by molar-refractivity contribution is -0.274. The van der Waals surface area contributed by atoms with Crippen molar-refractivity contribution in [2.45, 2.75) is 44.5 Å². The van der Waals surface area contributed by atoms with E-state index in [0.29, 0.717) is 12.0 Å². The van der Waals surface area contributed by atoms with Crippen LogP contribution in [0.15, 0.2) is 43.0 Å². The zero-order valence-corrected chi connectivity index (χ0v) is 19.0. The zero-order chi connectivity index (χ0) is 25.3. The van der Waals surface area contributed by atoms with Crippen molar-refractivity contribution in [1.29, 1.82) is 0 Å². The number of alkyl halides is 3. The lowest BCUT2D eigenvalue weighted by Crippen LogP contribution is -2.35. The molecule has 0 radical (unpaired) electrons. The van der Waals surface area contributed by atoms with Gasteiger partial charge in [0.2, 0.25) is 5.78 Å². The minimum Gasteiger partial charge on any atom is -0.404 e. The maximum Gasteiger partial charge on any atom is 0.573 e. The number of ether oxygens (including phenoxy) is 1. The number of carbonyl (C=O) groups excluding carboxylic acids is 1. The highest BCUT2D eigenvalue weighted by molar-refractivity contribution is 6.32. The van der Waals surface area contributed by atoms with Gasteiger partial charge in [0.15, 0.2) is 0 Å². The number of aliphatic hydroxyl groups excluding tert-OH is 2. The quantitative estimate of drug-likeness (QED) is 0.414. The van der Waals surface area contributed by atoms with Gasteiger partial charge in [-0.25, -0.2) is 9.97 Å². The number of rotatable bonds is 7. The van der Waals surface area contributed by atoms with Gasteiger partial charge in [-0.15, -0.1) is 13.2 Å². The molecule has 2 aromatic heterocycles. The van der Waals surface area contributed by atoms with E-state index < -0.39 is 36.1 Å². The molecule has 13 heteroatoms. The first-order valence-electron chi connectivity index (χ1n) is 10.6. The van der Waals surface area contributed by atoms with Crippen molar-refractivity contribution in [3.05, 3.63) is 64.8 Å². The van der Waals surface area contributed by atoms with Crippen LogP contribution >= 0.6 is 11.6 Å². The smallest absolute Gasteiger partial charge is 0.404 e. The van der Waals surface area contributed by atoms with Crippen molar-refractivity contribution in [1.82, 2.24) is 19.7 Å². The number of benzene rings is 1. The lowest BCUT2D eigenvalue weighted by Gasteiger charge is -2.19. The second-order valence-electron chi connectivity index (χ2n) is 8.27. The first-order chi connectivity index (χ1) is 16.5. The highest BCUT2D eigenvalue weighted by atomic mass is 35.5. The second-order valence-corrected chi connectivity index (χ2v) is 8.68. The average Bonchev–Trinajstić information content (AvgIpc) is 3.35. The van der Waals surface area contributed by atoms with Crippen LogP contribution in [0.1, 0.15) is 35.0 Å². The topological polar surface area (TPSA) is 122 Å². The van der Waals surface area contributed by atoms with Gasteiger partial charge in [-0.3, -0.25) is 9.48 Å². The fourth-order valence-electron chi connectivity index (χ4n) is 3.93. The van der Waals surface area contributed by atoms with E-state index in [2.05, 4.69) is 25.1 Å². The van der Waals surface area contributed by atoms with E-state index >= 15 is 0 Å². The molecule has 0 amide bonds. The molecule has 1 fully saturated rings. The van der Waals surface area contributed by atoms with Gasteiger partial charge in [0.1, 0.15) is 29.7 Å². The molecular formula is C22H21ClF3N5O4. The highest BCUT2D eigenvalue weighted by Gasteiger charge is 2.39. The summed E-state index contributed by atoms with van der Waals surface area (Å²) in [6.07, 6.45) is -2.25. The van der Waals surface area contributed by atoms with Crippen LogP contribution in [0.2, 0.25) is 5.02 Å². The van der Waals surface area contributed by atoms with Gasteiger partial charge in [-0.1, -0.05) is 24.6 Å². The Hall–Kier alpha value is -3.22. The maximum absolute atomic E-state index is 13.1. The Morgan fingerprint density at radius 1 is 1.29 bits per heavy atom.